The fourth-order valence-corrected chi connectivity index (χ4v) is 1.54. The number of ether oxygens (including phenoxy) is 1. The highest BCUT2D eigenvalue weighted by molar-refractivity contribution is 5.99. The van der Waals surface area contributed by atoms with Crippen LogP contribution in [0.15, 0.2) is 18.3 Å². The highest BCUT2D eigenvalue weighted by Gasteiger charge is 2.15. The van der Waals surface area contributed by atoms with E-state index in [0.717, 1.165) is 0 Å². The summed E-state index contributed by atoms with van der Waals surface area (Å²) in [6, 6.07) is 3.31. The molecule has 0 aliphatic rings. The first-order valence-corrected chi connectivity index (χ1v) is 6.50. The minimum Gasteiger partial charge on any atom is -0.444 e. The maximum absolute atomic E-state index is 11.9. The molecule has 0 spiro atoms. The smallest absolute Gasteiger partial charge is 0.407 e. The van der Waals surface area contributed by atoms with Crippen molar-refractivity contribution in [1.82, 2.24) is 10.3 Å². The average Bonchev–Trinajstić information content (AvgIpc) is 2.33. The quantitative estimate of drug-likeness (QED) is 0.636. The maximum Gasteiger partial charge on any atom is 0.407 e. The van der Waals surface area contributed by atoms with E-state index in [4.69, 9.17) is 10.5 Å². The van der Waals surface area contributed by atoms with Crippen LogP contribution in [0.2, 0.25) is 0 Å². The first kappa shape index (κ1) is 15.9. The number of rotatable bonds is 5. The number of alkyl carbamates (subject to hydrolysis) is 1. The number of aromatic nitrogens is 1. The molecule has 0 aliphatic heterocycles. The van der Waals surface area contributed by atoms with Gasteiger partial charge in [0, 0.05) is 19.2 Å². The molecular weight excluding hydrogens is 258 g/mol. The molecule has 0 aliphatic carbocycles. The predicted octanol–water partition coefficient (Wildman–Crippen LogP) is 2.15. The Labute approximate surface area is 118 Å². The van der Waals surface area contributed by atoms with Gasteiger partial charge in [-0.3, -0.25) is 4.79 Å². The molecule has 0 saturated heterocycles. The molecule has 1 rings (SSSR count). The van der Waals surface area contributed by atoms with Gasteiger partial charge < -0.3 is 15.8 Å². The standard InChI is InChI=1S/C14H21N3O3/c1-14(2,3)20-13(19)17-9-5-7-11(18)10-6-4-8-16-12(10)15/h4,6,8H,5,7,9H2,1-3H3,(H2,15,16)(H,17,19). The summed E-state index contributed by atoms with van der Waals surface area (Å²) in [6.45, 7) is 5.75. The number of hydrogen-bond donors (Lipinski definition) is 2. The Morgan fingerprint density at radius 2 is 2.10 bits per heavy atom. The number of nitrogens with two attached hydrogens (primary N) is 1. The third-order valence-electron chi connectivity index (χ3n) is 2.39. The highest BCUT2D eigenvalue weighted by atomic mass is 16.6. The lowest BCUT2D eigenvalue weighted by Gasteiger charge is -2.19. The van der Waals surface area contributed by atoms with E-state index in [1.165, 1.54) is 6.20 Å². The van der Waals surface area contributed by atoms with Crippen LogP contribution in [0.3, 0.4) is 0 Å². The molecule has 0 radical (unpaired) electrons. The molecule has 0 bridgehead atoms. The molecule has 0 fully saturated rings. The fourth-order valence-electron chi connectivity index (χ4n) is 1.54. The van der Waals surface area contributed by atoms with Crippen molar-refractivity contribution in [3.8, 4) is 0 Å². The number of Topliss-reactive ketones (excluding diaryl/α,β-unsaturated/α-hetero) is 1. The van der Waals surface area contributed by atoms with Crippen LogP contribution in [0, 0.1) is 0 Å². The summed E-state index contributed by atoms with van der Waals surface area (Å²) in [5.41, 5.74) is 5.52. The lowest BCUT2D eigenvalue weighted by Crippen LogP contribution is -2.33. The van der Waals surface area contributed by atoms with E-state index < -0.39 is 11.7 Å². The van der Waals surface area contributed by atoms with Crippen LogP contribution in [0.4, 0.5) is 10.6 Å². The molecule has 6 nitrogen and oxygen atoms in total. The lowest BCUT2D eigenvalue weighted by molar-refractivity contribution is 0.0525. The summed E-state index contributed by atoms with van der Waals surface area (Å²) in [6.07, 6.45) is 1.87. The number of amides is 1. The van der Waals surface area contributed by atoms with Gasteiger partial charge in [0.25, 0.3) is 0 Å². The Morgan fingerprint density at radius 1 is 1.40 bits per heavy atom. The predicted molar refractivity (Wildman–Crippen MR) is 76.5 cm³/mol. The molecule has 0 saturated carbocycles. The second kappa shape index (κ2) is 6.88. The van der Waals surface area contributed by atoms with Gasteiger partial charge in [0.05, 0.1) is 5.56 Å². The number of nitrogens with zero attached hydrogens (tertiary/aromatic N) is 1. The molecule has 110 valence electrons. The molecule has 1 aromatic rings. The Morgan fingerprint density at radius 3 is 2.70 bits per heavy atom. The van der Waals surface area contributed by atoms with Crippen LogP contribution in [0.1, 0.15) is 44.0 Å². The van der Waals surface area contributed by atoms with Crippen LogP contribution in [0.5, 0.6) is 0 Å². The van der Waals surface area contributed by atoms with E-state index >= 15 is 0 Å². The van der Waals surface area contributed by atoms with E-state index in [9.17, 15) is 9.59 Å². The van der Waals surface area contributed by atoms with Crippen LogP contribution in [-0.2, 0) is 4.74 Å². The van der Waals surface area contributed by atoms with Crippen molar-refractivity contribution >= 4 is 17.7 Å². The van der Waals surface area contributed by atoms with Gasteiger partial charge in [-0.15, -0.1) is 0 Å². The second-order valence-electron chi connectivity index (χ2n) is 5.39. The van der Waals surface area contributed by atoms with Crippen LogP contribution in [0.25, 0.3) is 0 Å². The van der Waals surface area contributed by atoms with Gasteiger partial charge in [0.2, 0.25) is 0 Å². The van der Waals surface area contributed by atoms with Gasteiger partial charge in [-0.2, -0.15) is 0 Å². The zero-order valence-electron chi connectivity index (χ0n) is 12.1. The van der Waals surface area contributed by atoms with E-state index in [0.29, 0.717) is 24.9 Å². The third kappa shape index (κ3) is 5.69. The van der Waals surface area contributed by atoms with Gasteiger partial charge in [0.15, 0.2) is 5.78 Å². The van der Waals surface area contributed by atoms with Crippen molar-refractivity contribution < 1.29 is 14.3 Å². The molecule has 1 amide bonds. The minimum atomic E-state index is -0.524. The SMILES string of the molecule is CC(C)(C)OC(=O)NCCCC(=O)c1cccnc1N. The monoisotopic (exact) mass is 279 g/mol. The third-order valence-corrected chi connectivity index (χ3v) is 2.39. The summed E-state index contributed by atoms with van der Waals surface area (Å²) in [7, 11) is 0. The summed E-state index contributed by atoms with van der Waals surface area (Å²) < 4.78 is 5.08. The minimum absolute atomic E-state index is 0.0819. The zero-order valence-corrected chi connectivity index (χ0v) is 12.1. The van der Waals surface area contributed by atoms with Crippen molar-refractivity contribution in [1.29, 1.82) is 0 Å². The molecular formula is C14H21N3O3. The number of ketones is 1. The number of carbonyl (C=O) groups is 2. The number of hydrogen-bond acceptors (Lipinski definition) is 5. The van der Waals surface area contributed by atoms with Gasteiger partial charge in [-0.1, -0.05) is 0 Å². The van der Waals surface area contributed by atoms with Crippen LogP contribution < -0.4 is 11.1 Å². The molecule has 0 aromatic carbocycles. The number of nitrogen functional groups attached to an aromatic ring is 1. The van der Waals surface area contributed by atoms with Crippen LogP contribution >= 0.6 is 0 Å². The normalized spacial score (nSPS) is 10.9. The van der Waals surface area contributed by atoms with Gasteiger partial charge in [-0.05, 0) is 39.3 Å². The summed E-state index contributed by atoms with van der Waals surface area (Å²) >= 11 is 0. The van der Waals surface area contributed by atoms with Crippen LogP contribution in [-0.4, -0.2) is 29.0 Å². The summed E-state index contributed by atoms with van der Waals surface area (Å²) in [5.74, 6) is 0.152. The van der Waals surface area contributed by atoms with E-state index in [1.807, 2.05) is 0 Å². The number of anilines is 1. The molecule has 1 aromatic heterocycles. The topological polar surface area (TPSA) is 94.3 Å². The first-order valence-electron chi connectivity index (χ1n) is 6.50. The zero-order chi connectivity index (χ0) is 15.2. The Kier molecular flexibility index (Phi) is 5.49. The second-order valence-corrected chi connectivity index (χ2v) is 5.39. The maximum atomic E-state index is 11.9. The Balaban J connectivity index is 2.30. The van der Waals surface area contributed by atoms with Crippen molar-refractivity contribution in [2.24, 2.45) is 0 Å². The fraction of sp³-hybridized carbons (Fsp3) is 0.500. The molecule has 1 heterocycles. The Bertz CT molecular complexity index is 481. The van der Waals surface area contributed by atoms with Gasteiger partial charge in [-0.25, -0.2) is 9.78 Å². The van der Waals surface area contributed by atoms with Gasteiger partial charge in [0.1, 0.15) is 11.4 Å². The molecule has 3 N–H and O–H groups in total. The molecule has 0 atom stereocenters. The van der Waals surface area contributed by atoms with Gasteiger partial charge >= 0.3 is 6.09 Å². The van der Waals surface area contributed by atoms with Crippen molar-refractivity contribution in [2.75, 3.05) is 12.3 Å². The summed E-state index contributed by atoms with van der Waals surface area (Å²) in [4.78, 5) is 27.1. The summed E-state index contributed by atoms with van der Waals surface area (Å²) in [5, 5.41) is 2.60. The molecule has 0 unspecified atom stereocenters. The Hall–Kier alpha value is -2.11. The van der Waals surface area contributed by atoms with Crippen molar-refractivity contribution in [3.05, 3.63) is 23.9 Å². The highest BCUT2D eigenvalue weighted by Crippen LogP contribution is 2.11. The van der Waals surface area contributed by atoms with Crippen molar-refractivity contribution in [3.63, 3.8) is 0 Å². The first-order chi connectivity index (χ1) is 9.29. The van der Waals surface area contributed by atoms with E-state index in [1.54, 1.807) is 32.9 Å². The average molecular weight is 279 g/mol. The lowest BCUT2D eigenvalue weighted by atomic mass is 10.1. The van der Waals surface area contributed by atoms with Crippen molar-refractivity contribution in [2.45, 2.75) is 39.2 Å². The molecule has 20 heavy (non-hydrogen) atoms. The van der Waals surface area contributed by atoms with E-state index in [-0.39, 0.29) is 11.6 Å². The number of pyridine rings is 1. The largest absolute Gasteiger partial charge is 0.444 e. The van der Waals surface area contributed by atoms with E-state index in [2.05, 4.69) is 10.3 Å². The number of carbonyl (C=O) groups excluding carboxylic acids is 2. The number of nitrogens with one attached hydrogen (secondary N) is 1. The molecule has 6 heteroatoms.